The molecule has 0 aliphatic heterocycles. The predicted octanol–water partition coefficient (Wildman–Crippen LogP) is 3.12. The normalized spacial score (nSPS) is 12.3. The van der Waals surface area contributed by atoms with Crippen molar-refractivity contribution in [3.8, 4) is 0 Å². The fourth-order valence-electron chi connectivity index (χ4n) is 1.97. The summed E-state index contributed by atoms with van der Waals surface area (Å²) in [7, 11) is 0. The molecule has 0 aromatic carbocycles. The first-order valence-corrected chi connectivity index (χ1v) is 7.18. The van der Waals surface area contributed by atoms with Crippen LogP contribution in [-0.2, 0) is 6.42 Å². The largest absolute Gasteiger partial charge is 0.308 e. The second kappa shape index (κ2) is 7.31. The van der Waals surface area contributed by atoms with E-state index in [1.807, 2.05) is 19.2 Å². The highest BCUT2D eigenvalue weighted by molar-refractivity contribution is 6.31. The molecule has 20 heavy (non-hydrogen) atoms. The van der Waals surface area contributed by atoms with Crippen LogP contribution in [0, 0.1) is 6.92 Å². The van der Waals surface area contributed by atoms with Gasteiger partial charge in [0.15, 0.2) is 0 Å². The molecule has 1 N–H and O–H groups in total. The summed E-state index contributed by atoms with van der Waals surface area (Å²) in [5.41, 5.74) is 2.93. The molecule has 1 unspecified atom stereocenters. The fourth-order valence-corrected chi connectivity index (χ4v) is 2.17. The van der Waals surface area contributed by atoms with Gasteiger partial charge in [0.2, 0.25) is 0 Å². The van der Waals surface area contributed by atoms with E-state index in [9.17, 15) is 0 Å². The van der Waals surface area contributed by atoms with E-state index in [1.165, 1.54) is 0 Å². The van der Waals surface area contributed by atoms with Crippen LogP contribution in [0.2, 0.25) is 5.02 Å². The molecule has 106 valence electrons. The van der Waals surface area contributed by atoms with Gasteiger partial charge in [0, 0.05) is 18.6 Å². The molecule has 0 saturated carbocycles. The van der Waals surface area contributed by atoms with Gasteiger partial charge < -0.3 is 5.32 Å². The summed E-state index contributed by atoms with van der Waals surface area (Å²) in [5, 5.41) is 4.19. The van der Waals surface area contributed by atoms with E-state index in [0.29, 0.717) is 5.02 Å². The zero-order valence-corrected chi connectivity index (χ0v) is 12.6. The first-order valence-electron chi connectivity index (χ1n) is 6.81. The van der Waals surface area contributed by atoms with Crippen LogP contribution >= 0.6 is 11.6 Å². The number of aromatic nitrogens is 3. The third-order valence-corrected chi connectivity index (χ3v) is 3.42. The Kier molecular flexibility index (Phi) is 5.44. The summed E-state index contributed by atoms with van der Waals surface area (Å²) in [4.78, 5) is 12.8. The Morgan fingerprint density at radius 3 is 2.75 bits per heavy atom. The van der Waals surface area contributed by atoms with Crippen LogP contribution in [0.1, 0.15) is 36.3 Å². The van der Waals surface area contributed by atoms with Crippen LogP contribution in [0.4, 0.5) is 0 Å². The van der Waals surface area contributed by atoms with E-state index in [0.717, 1.165) is 36.3 Å². The number of pyridine rings is 1. The quantitative estimate of drug-likeness (QED) is 0.888. The number of aryl methyl sites for hydroxylation is 1. The van der Waals surface area contributed by atoms with E-state index in [-0.39, 0.29) is 6.04 Å². The van der Waals surface area contributed by atoms with Crippen molar-refractivity contribution in [3.63, 3.8) is 0 Å². The average molecular weight is 291 g/mol. The minimum Gasteiger partial charge on any atom is -0.308 e. The molecule has 0 fully saturated rings. The third kappa shape index (κ3) is 3.99. The van der Waals surface area contributed by atoms with Crippen LogP contribution in [0.5, 0.6) is 0 Å². The Bertz CT molecular complexity index is 542. The first-order chi connectivity index (χ1) is 9.70. The molecule has 0 amide bonds. The second-order valence-electron chi connectivity index (χ2n) is 4.76. The van der Waals surface area contributed by atoms with Gasteiger partial charge in [-0.1, -0.05) is 18.5 Å². The molecule has 0 radical (unpaired) electrons. The van der Waals surface area contributed by atoms with E-state index in [1.54, 1.807) is 18.6 Å². The van der Waals surface area contributed by atoms with Gasteiger partial charge in [-0.15, -0.1) is 0 Å². The smallest absolute Gasteiger partial charge is 0.0759 e. The SMILES string of the molecule is CCCNC(Cc1ccncc1Cl)c1cnc(C)cn1. The van der Waals surface area contributed by atoms with Gasteiger partial charge in [0.25, 0.3) is 0 Å². The molecule has 5 heteroatoms. The molecular weight excluding hydrogens is 272 g/mol. The Labute approximate surface area is 124 Å². The van der Waals surface area contributed by atoms with Crippen molar-refractivity contribution in [2.75, 3.05) is 6.54 Å². The molecule has 0 saturated heterocycles. The summed E-state index contributed by atoms with van der Waals surface area (Å²) < 4.78 is 0. The van der Waals surface area contributed by atoms with Crippen LogP contribution in [0.15, 0.2) is 30.9 Å². The lowest BCUT2D eigenvalue weighted by Gasteiger charge is -2.18. The molecule has 0 aliphatic carbocycles. The minimum absolute atomic E-state index is 0.114. The second-order valence-corrected chi connectivity index (χ2v) is 5.17. The van der Waals surface area contributed by atoms with Gasteiger partial charge in [0.1, 0.15) is 0 Å². The van der Waals surface area contributed by atoms with E-state index in [2.05, 4.69) is 27.2 Å². The van der Waals surface area contributed by atoms with Gasteiger partial charge in [-0.25, -0.2) is 0 Å². The van der Waals surface area contributed by atoms with Crippen molar-refractivity contribution in [1.29, 1.82) is 0 Å². The molecule has 2 rings (SSSR count). The van der Waals surface area contributed by atoms with Crippen LogP contribution in [0.25, 0.3) is 0 Å². The minimum atomic E-state index is 0.114. The van der Waals surface area contributed by atoms with Gasteiger partial charge in [-0.05, 0) is 37.9 Å². The van der Waals surface area contributed by atoms with Gasteiger partial charge in [0.05, 0.1) is 28.6 Å². The lowest BCUT2D eigenvalue weighted by atomic mass is 10.0. The molecule has 0 aliphatic rings. The van der Waals surface area contributed by atoms with Gasteiger partial charge in [-0.3, -0.25) is 15.0 Å². The molecule has 4 nitrogen and oxygen atoms in total. The van der Waals surface area contributed by atoms with Gasteiger partial charge in [-0.2, -0.15) is 0 Å². The van der Waals surface area contributed by atoms with Crippen molar-refractivity contribution < 1.29 is 0 Å². The summed E-state index contributed by atoms with van der Waals surface area (Å²) in [5.74, 6) is 0. The number of hydrogen-bond donors (Lipinski definition) is 1. The topological polar surface area (TPSA) is 50.7 Å². The molecule has 0 spiro atoms. The highest BCUT2D eigenvalue weighted by atomic mass is 35.5. The summed E-state index contributed by atoms with van der Waals surface area (Å²) in [6, 6.07) is 2.06. The van der Waals surface area contributed by atoms with Crippen molar-refractivity contribution in [2.45, 2.75) is 32.7 Å². The Hall–Kier alpha value is -1.52. The molecule has 2 aromatic rings. The lowest BCUT2D eigenvalue weighted by molar-refractivity contribution is 0.515. The maximum Gasteiger partial charge on any atom is 0.0759 e. The molecular formula is C15H19ClN4. The average Bonchev–Trinajstić information content (AvgIpc) is 2.46. The van der Waals surface area contributed by atoms with Crippen molar-refractivity contribution in [2.24, 2.45) is 0 Å². The molecule has 2 aromatic heterocycles. The summed E-state index contributed by atoms with van der Waals surface area (Å²) >= 11 is 6.19. The highest BCUT2D eigenvalue weighted by Gasteiger charge is 2.15. The number of nitrogens with one attached hydrogen (secondary N) is 1. The fraction of sp³-hybridized carbons (Fsp3) is 0.400. The van der Waals surface area contributed by atoms with Crippen LogP contribution in [-0.4, -0.2) is 21.5 Å². The molecule has 0 bridgehead atoms. The number of rotatable bonds is 6. The van der Waals surface area contributed by atoms with Crippen LogP contribution in [0.3, 0.4) is 0 Å². The number of halogens is 1. The molecule has 1 atom stereocenters. The maximum absolute atomic E-state index is 6.19. The van der Waals surface area contributed by atoms with Crippen molar-refractivity contribution >= 4 is 11.6 Å². The summed E-state index contributed by atoms with van der Waals surface area (Å²) in [6.45, 7) is 5.01. The van der Waals surface area contributed by atoms with Crippen molar-refractivity contribution in [1.82, 2.24) is 20.3 Å². The van der Waals surface area contributed by atoms with Crippen molar-refractivity contribution in [3.05, 3.63) is 52.8 Å². The number of hydrogen-bond acceptors (Lipinski definition) is 4. The first kappa shape index (κ1) is 14.9. The monoisotopic (exact) mass is 290 g/mol. The Balaban J connectivity index is 2.19. The van der Waals surface area contributed by atoms with E-state index >= 15 is 0 Å². The zero-order chi connectivity index (χ0) is 14.4. The van der Waals surface area contributed by atoms with E-state index in [4.69, 9.17) is 11.6 Å². The van der Waals surface area contributed by atoms with E-state index < -0.39 is 0 Å². The third-order valence-electron chi connectivity index (χ3n) is 3.08. The zero-order valence-electron chi connectivity index (χ0n) is 11.8. The number of nitrogens with zero attached hydrogens (tertiary/aromatic N) is 3. The Morgan fingerprint density at radius 1 is 1.25 bits per heavy atom. The molecule has 2 heterocycles. The van der Waals surface area contributed by atoms with Crippen LogP contribution < -0.4 is 5.32 Å². The standard InChI is InChI=1S/C15H19ClN4/c1-3-5-18-14(15-10-19-11(2)8-20-15)7-12-4-6-17-9-13(12)16/h4,6,8-10,14,18H,3,5,7H2,1-2H3. The summed E-state index contributed by atoms with van der Waals surface area (Å²) in [6.07, 6.45) is 8.91. The predicted molar refractivity (Wildman–Crippen MR) is 80.8 cm³/mol. The highest BCUT2D eigenvalue weighted by Crippen LogP contribution is 2.21. The van der Waals surface area contributed by atoms with Gasteiger partial charge >= 0.3 is 0 Å². The Morgan fingerprint density at radius 2 is 2.10 bits per heavy atom. The maximum atomic E-state index is 6.19. The lowest BCUT2D eigenvalue weighted by Crippen LogP contribution is -2.25.